The summed E-state index contributed by atoms with van der Waals surface area (Å²) in [5.74, 6) is -1.13. The number of para-hydroxylation sites is 1. The van der Waals surface area contributed by atoms with Crippen LogP contribution in [0.2, 0.25) is 0 Å². The molecule has 1 N–H and O–H groups in total. The molecule has 1 amide bonds. The average molecular weight is 390 g/mol. The van der Waals surface area contributed by atoms with Gasteiger partial charge in [0, 0.05) is 17.7 Å². The van der Waals surface area contributed by atoms with Crippen LogP contribution in [-0.2, 0) is 4.79 Å². The highest BCUT2D eigenvalue weighted by Gasteiger charge is 2.54. The summed E-state index contributed by atoms with van der Waals surface area (Å²) in [6, 6.07) is 14.5. The summed E-state index contributed by atoms with van der Waals surface area (Å²) in [4.78, 5) is 31.0. The molecule has 7 heteroatoms. The predicted molar refractivity (Wildman–Crippen MR) is 102 cm³/mol. The van der Waals surface area contributed by atoms with E-state index in [9.17, 15) is 14.7 Å². The molecule has 5 rings (SSSR count). The molecule has 29 heavy (non-hydrogen) atoms. The first kappa shape index (κ1) is 17.5. The summed E-state index contributed by atoms with van der Waals surface area (Å²) in [6.07, 6.45) is 0.612. The minimum Gasteiger partial charge on any atom is -0.486 e. The van der Waals surface area contributed by atoms with Crippen LogP contribution in [0.1, 0.15) is 27.7 Å². The van der Waals surface area contributed by atoms with Gasteiger partial charge in [0.1, 0.15) is 17.8 Å². The van der Waals surface area contributed by atoms with Crippen molar-refractivity contribution in [3.05, 3.63) is 71.7 Å². The lowest BCUT2D eigenvalue weighted by Gasteiger charge is -2.22. The van der Waals surface area contributed by atoms with E-state index in [1.54, 1.807) is 4.90 Å². The molecule has 2 aromatic carbocycles. The van der Waals surface area contributed by atoms with Crippen molar-refractivity contribution in [1.82, 2.24) is 9.88 Å². The maximum atomic E-state index is 13.5. The lowest BCUT2D eigenvalue weighted by atomic mass is 9.98. The van der Waals surface area contributed by atoms with Gasteiger partial charge in [-0.2, -0.15) is 0 Å². The number of rotatable bonds is 3. The average Bonchev–Trinajstić information content (AvgIpc) is 3.43. The van der Waals surface area contributed by atoms with Gasteiger partial charge in [-0.3, -0.25) is 9.59 Å². The summed E-state index contributed by atoms with van der Waals surface area (Å²) in [5, 5.41) is 9.72. The first-order valence-corrected chi connectivity index (χ1v) is 9.35. The summed E-state index contributed by atoms with van der Waals surface area (Å²) in [6.45, 7) is 1.96. The Kier molecular flexibility index (Phi) is 3.91. The summed E-state index contributed by atoms with van der Waals surface area (Å²) in [5.41, 5.74) is 2.65. The third kappa shape index (κ3) is 2.61. The zero-order chi connectivity index (χ0) is 20.1. The van der Waals surface area contributed by atoms with Crippen LogP contribution in [0.3, 0.4) is 0 Å². The Morgan fingerprint density at radius 1 is 1.14 bits per heavy atom. The van der Waals surface area contributed by atoms with Gasteiger partial charge in [0.25, 0.3) is 5.91 Å². The molecule has 3 heterocycles. The van der Waals surface area contributed by atoms with Crippen molar-refractivity contribution in [2.75, 3.05) is 6.54 Å². The third-order valence-electron chi connectivity index (χ3n) is 5.64. The molecule has 7 nitrogen and oxygen atoms in total. The Hall–Kier alpha value is -3.61. The van der Waals surface area contributed by atoms with Gasteiger partial charge < -0.3 is 19.2 Å². The number of nitrogens with zero attached hydrogens (tertiary/aromatic N) is 2. The van der Waals surface area contributed by atoms with Crippen LogP contribution in [0.15, 0.2) is 59.3 Å². The van der Waals surface area contributed by atoms with E-state index in [1.165, 1.54) is 6.39 Å². The fourth-order valence-electron chi connectivity index (χ4n) is 4.28. The molecule has 1 saturated heterocycles. The molecule has 0 unspecified atom stereocenters. The molecule has 1 fully saturated rings. The first-order chi connectivity index (χ1) is 14.1. The molecular weight excluding hydrogens is 372 g/mol. The van der Waals surface area contributed by atoms with Crippen molar-refractivity contribution in [3.8, 4) is 17.1 Å². The number of amides is 1. The number of carboxylic acid groups (broad SMARTS) is 1. The van der Waals surface area contributed by atoms with Crippen LogP contribution in [0.4, 0.5) is 0 Å². The zero-order valence-electron chi connectivity index (χ0n) is 15.6. The van der Waals surface area contributed by atoms with Crippen molar-refractivity contribution in [1.29, 1.82) is 0 Å². The lowest BCUT2D eigenvalue weighted by Crippen LogP contribution is -2.32. The van der Waals surface area contributed by atoms with Crippen molar-refractivity contribution in [3.63, 3.8) is 0 Å². The Morgan fingerprint density at radius 2 is 1.93 bits per heavy atom. The van der Waals surface area contributed by atoms with E-state index in [4.69, 9.17) is 9.15 Å². The highest BCUT2D eigenvalue weighted by molar-refractivity contribution is 5.98. The van der Waals surface area contributed by atoms with Crippen LogP contribution in [0.25, 0.3) is 11.3 Å². The van der Waals surface area contributed by atoms with Gasteiger partial charge in [-0.1, -0.05) is 48.5 Å². The smallest absolute Gasteiger partial charge is 0.312 e. The largest absolute Gasteiger partial charge is 0.486 e. The molecule has 0 radical (unpaired) electrons. The first-order valence-electron chi connectivity index (χ1n) is 9.35. The van der Waals surface area contributed by atoms with Crippen LogP contribution < -0.4 is 4.74 Å². The number of aliphatic carboxylic acids is 1. The van der Waals surface area contributed by atoms with Crippen molar-refractivity contribution < 1.29 is 23.8 Å². The van der Waals surface area contributed by atoms with Gasteiger partial charge in [-0.15, -0.1) is 0 Å². The molecule has 2 aliphatic rings. The SMILES string of the molecule is Cc1cccc2c1O[C@H]1[C@H](C(=O)O)CN(C(=O)c3ncoc3-c3ccccc3)[C@@H]21. The van der Waals surface area contributed by atoms with Crippen molar-refractivity contribution >= 4 is 11.9 Å². The highest BCUT2D eigenvalue weighted by atomic mass is 16.5. The fourth-order valence-corrected chi connectivity index (χ4v) is 4.28. The number of carboxylic acids is 1. The zero-order valence-corrected chi connectivity index (χ0v) is 15.6. The number of carbonyl (C=O) groups excluding carboxylic acids is 1. The number of oxazole rings is 1. The van der Waals surface area contributed by atoms with Crippen molar-refractivity contribution in [2.24, 2.45) is 5.92 Å². The Bertz CT molecular complexity index is 1110. The van der Waals surface area contributed by atoms with Gasteiger partial charge in [-0.05, 0) is 12.5 Å². The maximum Gasteiger partial charge on any atom is 0.312 e. The minimum absolute atomic E-state index is 0.0535. The second-order valence-corrected chi connectivity index (χ2v) is 7.32. The quantitative estimate of drug-likeness (QED) is 0.738. The number of aryl methyl sites for hydroxylation is 1. The number of benzene rings is 2. The molecule has 0 bridgehead atoms. The van der Waals surface area contributed by atoms with E-state index in [1.807, 2.05) is 55.5 Å². The fraction of sp³-hybridized carbons (Fsp3) is 0.227. The van der Waals surface area contributed by atoms with E-state index in [-0.39, 0.29) is 18.1 Å². The molecular formula is C22H18N2O5. The maximum absolute atomic E-state index is 13.5. The molecule has 3 aromatic rings. The molecule has 3 atom stereocenters. The number of aromatic nitrogens is 1. The third-order valence-corrected chi connectivity index (χ3v) is 5.64. The van der Waals surface area contributed by atoms with Gasteiger partial charge in [0.05, 0.1) is 6.04 Å². The van der Waals surface area contributed by atoms with Crippen LogP contribution >= 0.6 is 0 Å². The summed E-state index contributed by atoms with van der Waals surface area (Å²) < 4.78 is 11.5. The second kappa shape index (κ2) is 6.48. The van der Waals surface area contributed by atoms with Gasteiger partial charge >= 0.3 is 5.97 Å². The number of hydrogen-bond acceptors (Lipinski definition) is 5. The van der Waals surface area contributed by atoms with Crippen LogP contribution in [0.5, 0.6) is 5.75 Å². The van der Waals surface area contributed by atoms with E-state index < -0.39 is 24.0 Å². The summed E-state index contributed by atoms with van der Waals surface area (Å²) in [7, 11) is 0. The summed E-state index contributed by atoms with van der Waals surface area (Å²) >= 11 is 0. The van der Waals surface area contributed by atoms with Gasteiger partial charge in [-0.25, -0.2) is 4.98 Å². The van der Waals surface area contributed by atoms with E-state index in [2.05, 4.69) is 4.98 Å². The van der Waals surface area contributed by atoms with Crippen molar-refractivity contribution in [2.45, 2.75) is 19.1 Å². The molecule has 0 spiro atoms. The van der Waals surface area contributed by atoms with Crippen LogP contribution in [-0.4, -0.2) is 39.5 Å². The number of carbonyl (C=O) groups is 2. The lowest BCUT2D eigenvalue weighted by molar-refractivity contribution is -0.143. The van der Waals surface area contributed by atoms with Gasteiger partial charge in [0.2, 0.25) is 0 Å². The Balaban J connectivity index is 1.57. The predicted octanol–water partition coefficient (Wildman–Crippen LogP) is 3.31. The molecule has 1 aromatic heterocycles. The monoisotopic (exact) mass is 390 g/mol. The molecule has 146 valence electrons. The normalized spacial score (nSPS) is 22.1. The number of fused-ring (bicyclic) bond motifs is 3. The Morgan fingerprint density at radius 3 is 2.69 bits per heavy atom. The number of ether oxygens (including phenoxy) is 1. The second-order valence-electron chi connectivity index (χ2n) is 7.32. The van der Waals surface area contributed by atoms with E-state index >= 15 is 0 Å². The molecule has 0 saturated carbocycles. The topological polar surface area (TPSA) is 92.9 Å². The molecule has 2 aliphatic heterocycles. The number of hydrogen-bond donors (Lipinski definition) is 1. The van der Waals surface area contributed by atoms with E-state index in [0.717, 1.165) is 16.7 Å². The minimum atomic E-state index is -0.982. The van der Waals surface area contributed by atoms with E-state index in [0.29, 0.717) is 11.5 Å². The molecule has 0 aliphatic carbocycles. The Labute approximate surface area is 166 Å². The highest BCUT2D eigenvalue weighted by Crippen LogP contribution is 2.49. The van der Waals surface area contributed by atoms with Gasteiger partial charge in [0.15, 0.2) is 17.8 Å². The number of likely N-dealkylation sites (tertiary alicyclic amines) is 1. The van der Waals surface area contributed by atoms with Crippen LogP contribution in [0, 0.1) is 12.8 Å². The standard InChI is InChI=1S/C22H18N2O5/c1-12-6-5-9-14-17-20(29-18(12)14)15(22(26)27)10-24(17)21(25)16-19(28-11-23-16)13-7-3-2-4-8-13/h2-9,11,15,17,20H,10H2,1H3,(H,26,27)/t15-,17+,20+/m1/s1.